The first-order chi connectivity index (χ1) is 16.1. The second-order valence-corrected chi connectivity index (χ2v) is 8.48. The van der Waals surface area contributed by atoms with Crippen molar-refractivity contribution in [3.8, 4) is 5.75 Å². The summed E-state index contributed by atoms with van der Waals surface area (Å²) in [6.45, 7) is 2.17. The van der Waals surface area contributed by atoms with Crippen molar-refractivity contribution in [2.45, 2.75) is 64.4 Å². The van der Waals surface area contributed by atoms with Crippen molar-refractivity contribution in [1.29, 1.82) is 0 Å². The minimum Gasteiger partial charge on any atom is -0.496 e. The maximum Gasteiger partial charge on any atom is 0.256 e. The molecule has 176 valence electrons. The first-order valence-electron chi connectivity index (χ1n) is 11.5. The van der Waals surface area contributed by atoms with Crippen LogP contribution in [0.2, 0.25) is 0 Å². The molecule has 8 heteroatoms. The van der Waals surface area contributed by atoms with Gasteiger partial charge in [-0.3, -0.25) is 4.79 Å². The minimum atomic E-state index is -0.303. The summed E-state index contributed by atoms with van der Waals surface area (Å²) in [6.07, 6.45) is 6.86. The molecule has 33 heavy (non-hydrogen) atoms. The van der Waals surface area contributed by atoms with E-state index in [1.54, 1.807) is 26.5 Å². The quantitative estimate of drug-likeness (QED) is 0.524. The third-order valence-electron chi connectivity index (χ3n) is 6.54. The Hall–Kier alpha value is -2.97. The fourth-order valence-corrected chi connectivity index (χ4v) is 4.73. The summed E-state index contributed by atoms with van der Waals surface area (Å²) in [5.41, 5.74) is 2.88. The number of aliphatic hydroxyl groups is 1. The molecule has 2 aromatic heterocycles. The summed E-state index contributed by atoms with van der Waals surface area (Å²) in [4.78, 5) is 24.1. The zero-order chi connectivity index (χ0) is 23.4. The molecule has 8 nitrogen and oxygen atoms in total. The summed E-state index contributed by atoms with van der Waals surface area (Å²) in [5, 5.41) is 9.80. The summed E-state index contributed by atoms with van der Waals surface area (Å²) in [5.74, 6) is 1.10. The van der Waals surface area contributed by atoms with Crippen LogP contribution < -0.4 is 4.74 Å². The number of hydrogen-bond acceptors (Lipinski definition) is 6. The van der Waals surface area contributed by atoms with Crippen LogP contribution >= 0.6 is 0 Å². The number of benzene rings is 1. The van der Waals surface area contributed by atoms with Crippen molar-refractivity contribution in [2.75, 3.05) is 14.2 Å². The predicted molar refractivity (Wildman–Crippen MR) is 125 cm³/mol. The number of hydrogen-bond donors (Lipinski definition) is 1. The first-order valence-corrected chi connectivity index (χ1v) is 11.5. The molecule has 0 radical (unpaired) electrons. The van der Waals surface area contributed by atoms with Gasteiger partial charge in [-0.25, -0.2) is 9.97 Å². The van der Waals surface area contributed by atoms with Crippen molar-refractivity contribution in [3.05, 3.63) is 53.5 Å². The van der Waals surface area contributed by atoms with Gasteiger partial charge in [0.05, 0.1) is 19.2 Å². The van der Waals surface area contributed by atoms with E-state index in [0.29, 0.717) is 29.3 Å². The van der Waals surface area contributed by atoms with Crippen LogP contribution in [0.25, 0.3) is 11.2 Å². The van der Waals surface area contributed by atoms with Crippen molar-refractivity contribution >= 4 is 17.1 Å². The van der Waals surface area contributed by atoms with Gasteiger partial charge in [0.2, 0.25) is 0 Å². The highest BCUT2D eigenvalue weighted by molar-refractivity contribution is 5.95. The average Bonchev–Trinajstić information content (AvgIpc) is 3.22. The summed E-state index contributed by atoms with van der Waals surface area (Å²) in [6, 6.07) is 9.50. The molecular formula is C25H32N4O4. The number of imidazole rings is 1. The van der Waals surface area contributed by atoms with E-state index in [-0.39, 0.29) is 24.8 Å². The number of fused-ring (bicyclic) bond motifs is 1. The third-order valence-corrected chi connectivity index (χ3v) is 6.54. The highest BCUT2D eigenvalue weighted by Crippen LogP contribution is 2.29. The molecule has 0 saturated heterocycles. The molecule has 1 N–H and O–H groups in total. The first kappa shape index (κ1) is 23.2. The van der Waals surface area contributed by atoms with Gasteiger partial charge in [-0.1, -0.05) is 25.3 Å². The number of amides is 1. The molecule has 1 unspecified atom stereocenters. The molecule has 1 fully saturated rings. The Labute approximate surface area is 194 Å². The lowest BCUT2D eigenvalue weighted by Gasteiger charge is -2.38. The van der Waals surface area contributed by atoms with Gasteiger partial charge in [0.25, 0.3) is 5.91 Å². The molecule has 1 atom stereocenters. The van der Waals surface area contributed by atoms with E-state index >= 15 is 0 Å². The number of aliphatic hydroxyl groups excluding tert-OH is 1. The predicted octanol–water partition coefficient (Wildman–Crippen LogP) is 3.75. The number of methoxy groups -OCH3 is 2. The maximum atomic E-state index is 13.6. The number of rotatable bonds is 8. The molecule has 0 bridgehead atoms. The highest BCUT2D eigenvalue weighted by atomic mass is 16.5. The number of pyridine rings is 1. The molecule has 0 spiro atoms. The zero-order valence-electron chi connectivity index (χ0n) is 19.5. The van der Waals surface area contributed by atoms with Gasteiger partial charge in [0.15, 0.2) is 5.65 Å². The van der Waals surface area contributed by atoms with E-state index in [0.717, 1.165) is 36.8 Å². The second kappa shape index (κ2) is 10.3. The fraction of sp³-hybridized carbons (Fsp3) is 0.480. The average molecular weight is 453 g/mol. The molecule has 0 aliphatic heterocycles. The Morgan fingerprint density at radius 1 is 1.24 bits per heavy atom. The van der Waals surface area contributed by atoms with Gasteiger partial charge in [-0.2, -0.15) is 0 Å². The summed E-state index contributed by atoms with van der Waals surface area (Å²) < 4.78 is 13.1. The number of carbonyl (C=O) groups excluding carboxylic acids is 1. The van der Waals surface area contributed by atoms with E-state index in [9.17, 15) is 9.90 Å². The summed E-state index contributed by atoms with van der Waals surface area (Å²) >= 11 is 0. The Bertz CT molecular complexity index is 1110. The van der Waals surface area contributed by atoms with Crippen molar-refractivity contribution in [3.63, 3.8) is 0 Å². The second-order valence-electron chi connectivity index (χ2n) is 8.48. The number of ether oxygens (including phenoxy) is 2. The molecule has 2 heterocycles. The monoisotopic (exact) mass is 452 g/mol. The third kappa shape index (κ3) is 4.72. The minimum absolute atomic E-state index is 0.0468. The zero-order valence-corrected chi connectivity index (χ0v) is 19.5. The molecule has 1 aliphatic rings. The van der Waals surface area contributed by atoms with Gasteiger partial charge in [0.1, 0.15) is 24.4 Å². The van der Waals surface area contributed by atoms with Crippen LogP contribution in [-0.2, 0) is 17.9 Å². The molecule has 4 rings (SSSR count). The smallest absolute Gasteiger partial charge is 0.256 e. The normalized spacial score (nSPS) is 15.5. The van der Waals surface area contributed by atoms with Crippen LogP contribution in [0.5, 0.6) is 5.75 Å². The van der Waals surface area contributed by atoms with E-state index in [1.807, 2.05) is 40.7 Å². The van der Waals surface area contributed by atoms with Crippen molar-refractivity contribution in [1.82, 2.24) is 19.4 Å². The van der Waals surface area contributed by atoms with Gasteiger partial charge < -0.3 is 24.0 Å². The Morgan fingerprint density at radius 3 is 2.73 bits per heavy atom. The van der Waals surface area contributed by atoms with Gasteiger partial charge in [0, 0.05) is 30.5 Å². The number of aromatic nitrogens is 3. The van der Waals surface area contributed by atoms with Crippen LogP contribution in [0.1, 0.15) is 60.8 Å². The van der Waals surface area contributed by atoms with E-state index in [2.05, 4.69) is 9.97 Å². The van der Waals surface area contributed by atoms with Crippen LogP contribution in [0.15, 0.2) is 36.5 Å². The Kier molecular flexibility index (Phi) is 7.25. The van der Waals surface area contributed by atoms with E-state index in [1.165, 1.54) is 6.42 Å². The topological polar surface area (TPSA) is 89.7 Å². The van der Waals surface area contributed by atoms with E-state index in [4.69, 9.17) is 9.47 Å². The molecule has 3 aromatic rings. The van der Waals surface area contributed by atoms with E-state index < -0.39 is 0 Å². The van der Waals surface area contributed by atoms with Crippen LogP contribution in [-0.4, -0.2) is 56.9 Å². The number of nitrogens with zero attached hydrogens (tertiary/aromatic N) is 4. The standard InChI is InChI=1S/C25H32N4O4/c1-17(32-2)29(20-8-5-4-6-9-20)25(31)18-11-12-19(22(14-18)33-3)15-28-21-10-7-13-26-24(21)27-23(28)16-30/h7,10-14,17,20,30H,4-6,8-9,15-16H2,1-3H3. The lowest BCUT2D eigenvalue weighted by Crippen LogP contribution is -2.47. The largest absolute Gasteiger partial charge is 0.496 e. The Morgan fingerprint density at radius 2 is 2.03 bits per heavy atom. The number of carbonyl (C=O) groups is 1. The van der Waals surface area contributed by atoms with Gasteiger partial charge in [-0.05, 0) is 44.0 Å². The van der Waals surface area contributed by atoms with Gasteiger partial charge in [-0.15, -0.1) is 0 Å². The van der Waals surface area contributed by atoms with Crippen molar-refractivity contribution < 1.29 is 19.4 Å². The lowest BCUT2D eigenvalue weighted by atomic mass is 9.93. The lowest BCUT2D eigenvalue weighted by molar-refractivity contribution is -0.0343. The molecular weight excluding hydrogens is 420 g/mol. The van der Waals surface area contributed by atoms with Crippen LogP contribution in [0.3, 0.4) is 0 Å². The highest BCUT2D eigenvalue weighted by Gasteiger charge is 2.30. The molecule has 1 saturated carbocycles. The van der Waals surface area contributed by atoms with Gasteiger partial charge >= 0.3 is 0 Å². The SMILES string of the molecule is COc1cc(C(=O)N(C2CCCCC2)C(C)OC)ccc1Cn1c(CO)nc2ncccc21. The van der Waals surface area contributed by atoms with Crippen molar-refractivity contribution in [2.24, 2.45) is 0 Å². The maximum absolute atomic E-state index is 13.6. The molecule has 1 amide bonds. The Balaban J connectivity index is 1.65. The van der Waals surface area contributed by atoms with Crippen LogP contribution in [0, 0.1) is 0 Å². The molecule has 1 aliphatic carbocycles. The fourth-order valence-electron chi connectivity index (χ4n) is 4.73. The van der Waals surface area contributed by atoms with Crippen LogP contribution in [0.4, 0.5) is 0 Å². The molecule has 1 aromatic carbocycles. The summed E-state index contributed by atoms with van der Waals surface area (Å²) in [7, 11) is 3.24.